The van der Waals surface area contributed by atoms with Crippen molar-refractivity contribution in [1.29, 1.82) is 0 Å². The summed E-state index contributed by atoms with van der Waals surface area (Å²) in [6.45, 7) is 3.66. The second kappa shape index (κ2) is 8.30. The fraction of sp³-hybridized carbons (Fsp3) is 0.154. The SMILES string of the molecule is COc1ccc(/C(O)=C2\C(=O)C(=O)N(c3ccc(F)cc3)C2c2ccccc2C)c(C)c1. The van der Waals surface area contributed by atoms with Crippen LogP contribution < -0.4 is 9.64 Å². The summed E-state index contributed by atoms with van der Waals surface area (Å²) in [6.07, 6.45) is 0. The molecule has 0 aromatic heterocycles. The molecule has 5 nitrogen and oxygen atoms in total. The Kier molecular flexibility index (Phi) is 5.53. The van der Waals surface area contributed by atoms with E-state index in [1.165, 1.54) is 29.2 Å². The number of hydrogen-bond donors (Lipinski definition) is 1. The van der Waals surface area contributed by atoms with Crippen molar-refractivity contribution in [2.24, 2.45) is 0 Å². The third-order valence-corrected chi connectivity index (χ3v) is 5.72. The van der Waals surface area contributed by atoms with Gasteiger partial charge in [0, 0.05) is 11.3 Å². The van der Waals surface area contributed by atoms with Crippen molar-refractivity contribution in [2.45, 2.75) is 19.9 Å². The summed E-state index contributed by atoms with van der Waals surface area (Å²) in [4.78, 5) is 27.6. The molecule has 0 bridgehead atoms. The molecule has 4 rings (SSSR count). The summed E-state index contributed by atoms with van der Waals surface area (Å²) in [7, 11) is 1.54. The van der Waals surface area contributed by atoms with Gasteiger partial charge in [-0.15, -0.1) is 0 Å². The molecule has 0 saturated carbocycles. The molecule has 1 amide bonds. The Balaban J connectivity index is 1.97. The average molecular weight is 431 g/mol. The number of aliphatic hydroxyl groups is 1. The molecule has 1 heterocycles. The van der Waals surface area contributed by atoms with Crippen LogP contribution >= 0.6 is 0 Å². The van der Waals surface area contributed by atoms with Crippen molar-refractivity contribution in [3.8, 4) is 5.75 Å². The molecular formula is C26H22FNO4. The van der Waals surface area contributed by atoms with E-state index in [4.69, 9.17) is 4.74 Å². The van der Waals surface area contributed by atoms with Gasteiger partial charge in [-0.1, -0.05) is 24.3 Å². The normalized spacial score (nSPS) is 17.6. The highest BCUT2D eigenvalue weighted by molar-refractivity contribution is 6.51. The summed E-state index contributed by atoms with van der Waals surface area (Å²) in [5.74, 6) is -1.68. The van der Waals surface area contributed by atoms with Crippen molar-refractivity contribution < 1.29 is 23.8 Å². The zero-order valence-corrected chi connectivity index (χ0v) is 17.9. The molecule has 3 aromatic rings. The molecule has 0 aliphatic carbocycles. The van der Waals surface area contributed by atoms with Gasteiger partial charge in [0.05, 0.1) is 18.7 Å². The molecule has 162 valence electrons. The van der Waals surface area contributed by atoms with E-state index in [0.29, 0.717) is 28.1 Å². The predicted octanol–water partition coefficient (Wildman–Crippen LogP) is 5.08. The van der Waals surface area contributed by atoms with Crippen molar-refractivity contribution >= 4 is 23.1 Å². The van der Waals surface area contributed by atoms with E-state index in [2.05, 4.69) is 0 Å². The van der Waals surface area contributed by atoms with Crippen molar-refractivity contribution in [3.63, 3.8) is 0 Å². The Bertz CT molecular complexity index is 1250. The number of carbonyl (C=O) groups is 2. The van der Waals surface area contributed by atoms with Crippen LogP contribution in [0.2, 0.25) is 0 Å². The van der Waals surface area contributed by atoms with E-state index >= 15 is 0 Å². The van der Waals surface area contributed by atoms with Crippen LogP contribution in [0.1, 0.15) is 28.3 Å². The Morgan fingerprint density at radius 2 is 1.66 bits per heavy atom. The second-order valence-corrected chi connectivity index (χ2v) is 7.68. The maximum absolute atomic E-state index is 13.5. The molecule has 3 aromatic carbocycles. The van der Waals surface area contributed by atoms with Crippen molar-refractivity contribution in [3.05, 3.63) is 100 Å². The van der Waals surface area contributed by atoms with E-state index in [9.17, 15) is 19.1 Å². The summed E-state index contributed by atoms with van der Waals surface area (Å²) in [6, 6.07) is 16.9. The number of Topliss-reactive ketones (excluding diaryl/α,β-unsaturated/α-hetero) is 1. The van der Waals surface area contributed by atoms with Crippen LogP contribution in [0.3, 0.4) is 0 Å². The highest BCUT2D eigenvalue weighted by Crippen LogP contribution is 2.43. The Morgan fingerprint density at radius 1 is 0.969 bits per heavy atom. The molecule has 1 aliphatic rings. The first kappa shape index (κ1) is 21.3. The molecule has 1 unspecified atom stereocenters. The minimum Gasteiger partial charge on any atom is -0.507 e. The van der Waals surface area contributed by atoms with Crippen LogP contribution in [0.4, 0.5) is 10.1 Å². The van der Waals surface area contributed by atoms with Gasteiger partial charge in [0.25, 0.3) is 11.7 Å². The summed E-state index contributed by atoms with van der Waals surface area (Å²) in [5.41, 5.74) is 3.03. The number of hydrogen-bond acceptors (Lipinski definition) is 4. The molecular weight excluding hydrogens is 409 g/mol. The molecule has 1 N–H and O–H groups in total. The number of aryl methyl sites for hydroxylation is 2. The zero-order valence-electron chi connectivity index (χ0n) is 17.9. The van der Waals surface area contributed by atoms with E-state index in [1.807, 2.05) is 31.2 Å². The lowest BCUT2D eigenvalue weighted by Crippen LogP contribution is -2.29. The lowest BCUT2D eigenvalue weighted by atomic mass is 9.91. The number of nitrogens with zero attached hydrogens (tertiary/aromatic N) is 1. The Labute approximate surface area is 185 Å². The lowest BCUT2D eigenvalue weighted by molar-refractivity contribution is -0.132. The molecule has 0 spiro atoms. The van der Waals surface area contributed by atoms with Gasteiger partial charge >= 0.3 is 0 Å². The number of halogens is 1. The van der Waals surface area contributed by atoms with Crippen LogP contribution in [-0.4, -0.2) is 23.9 Å². The van der Waals surface area contributed by atoms with Crippen LogP contribution in [0.5, 0.6) is 5.75 Å². The van der Waals surface area contributed by atoms with Gasteiger partial charge in [-0.2, -0.15) is 0 Å². The van der Waals surface area contributed by atoms with E-state index in [1.54, 1.807) is 32.2 Å². The third kappa shape index (κ3) is 3.54. The topological polar surface area (TPSA) is 66.8 Å². The number of carbonyl (C=O) groups excluding carboxylic acids is 2. The summed E-state index contributed by atoms with van der Waals surface area (Å²) >= 11 is 0. The number of rotatable bonds is 4. The summed E-state index contributed by atoms with van der Waals surface area (Å²) in [5, 5.41) is 11.3. The van der Waals surface area contributed by atoms with Gasteiger partial charge in [-0.05, 0) is 73.0 Å². The van der Waals surface area contributed by atoms with E-state index in [-0.39, 0.29) is 11.3 Å². The standard InChI is InChI=1S/C26H22FNO4/c1-15-6-4-5-7-20(15)23-22(24(29)21-13-12-19(32-3)14-16(21)2)25(30)26(31)28(23)18-10-8-17(27)9-11-18/h4-14,23,29H,1-3H3/b24-22+. The number of amides is 1. The minimum atomic E-state index is -0.858. The van der Waals surface area contributed by atoms with Crippen LogP contribution in [0, 0.1) is 19.7 Å². The van der Waals surface area contributed by atoms with Crippen LogP contribution in [-0.2, 0) is 9.59 Å². The van der Waals surface area contributed by atoms with E-state index in [0.717, 1.165) is 5.56 Å². The van der Waals surface area contributed by atoms with Gasteiger partial charge in [0.1, 0.15) is 17.3 Å². The largest absolute Gasteiger partial charge is 0.507 e. The summed E-state index contributed by atoms with van der Waals surface area (Å²) < 4.78 is 18.8. The smallest absolute Gasteiger partial charge is 0.300 e. The number of anilines is 1. The molecule has 1 saturated heterocycles. The molecule has 32 heavy (non-hydrogen) atoms. The first-order valence-electron chi connectivity index (χ1n) is 10.1. The number of methoxy groups -OCH3 is 1. The first-order valence-corrected chi connectivity index (χ1v) is 10.1. The van der Waals surface area contributed by atoms with Gasteiger partial charge < -0.3 is 9.84 Å². The third-order valence-electron chi connectivity index (χ3n) is 5.72. The fourth-order valence-electron chi connectivity index (χ4n) is 4.06. The zero-order chi connectivity index (χ0) is 23.0. The molecule has 1 atom stereocenters. The number of benzene rings is 3. The number of aliphatic hydroxyl groups excluding tert-OH is 1. The van der Waals surface area contributed by atoms with Gasteiger partial charge in [-0.3, -0.25) is 14.5 Å². The van der Waals surface area contributed by atoms with E-state index < -0.39 is 23.5 Å². The van der Waals surface area contributed by atoms with Crippen molar-refractivity contribution in [1.82, 2.24) is 0 Å². The predicted molar refractivity (Wildman–Crippen MR) is 120 cm³/mol. The molecule has 6 heteroatoms. The fourth-order valence-corrected chi connectivity index (χ4v) is 4.06. The highest BCUT2D eigenvalue weighted by Gasteiger charge is 2.47. The van der Waals surface area contributed by atoms with Gasteiger partial charge in [0.2, 0.25) is 0 Å². The number of ketones is 1. The number of ether oxygens (including phenoxy) is 1. The minimum absolute atomic E-state index is 0.0121. The molecule has 1 aliphatic heterocycles. The quantitative estimate of drug-likeness (QED) is 0.356. The maximum atomic E-state index is 13.5. The average Bonchev–Trinajstić information content (AvgIpc) is 3.04. The highest BCUT2D eigenvalue weighted by atomic mass is 19.1. The second-order valence-electron chi connectivity index (χ2n) is 7.68. The van der Waals surface area contributed by atoms with Crippen LogP contribution in [0.25, 0.3) is 5.76 Å². The maximum Gasteiger partial charge on any atom is 0.300 e. The molecule has 0 radical (unpaired) electrons. The Morgan fingerprint density at radius 3 is 2.28 bits per heavy atom. The van der Waals surface area contributed by atoms with Crippen molar-refractivity contribution in [2.75, 3.05) is 12.0 Å². The monoisotopic (exact) mass is 431 g/mol. The molecule has 1 fully saturated rings. The van der Waals surface area contributed by atoms with Gasteiger partial charge in [-0.25, -0.2) is 4.39 Å². The first-order chi connectivity index (χ1) is 15.3. The van der Waals surface area contributed by atoms with Crippen LogP contribution in [0.15, 0.2) is 72.3 Å². The lowest BCUT2D eigenvalue weighted by Gasteiger charge is -2.26. The Hall–Kier alpha value is -3.93. The van der Waals surface area contributed by atoms with Gasteiger partial charge in [0.15, 0.2) is 0 Å².